The highest BCUT2D eigenvalue weighted by atomic mass is 79.9. The summed E-state index contributed by atoms with van der Waals surface area (Å²) in [6, 6.07) is 0. The quantitative estimate of drug-likeness (QED) is 0.354. The fourth-order valence-corrected chi connectivity index (χ4v) is 1.62. The number of hydrogen-bond acceptors (Lipinski definition) is 3. The first-order chi connectivity index (χ1) is 6.88. The van der Waals surface area contributed by atoms with Crippen molar-refractivity contribution in [3.8, 4) is 0 Å². The zero-order valence-electron chi connectivity index (χ0n) is 8.01. The summed E-state index contributed by atoms with van der Waals surface area (Å²) in [7, 11) is 1.33. The maximum atomic E-state index is 12.1. The van der Waals surface area contributed by atoms with Gasteiger partial charge in [-0.05, 0) is 6.08 Å². The summed E-state index contributed by atoms with van der Waals surface area (Å²) in [6.45, 7) is 0. The van der Waals surface area contributed by atoms with E-state index in [1.54, 1.807) is 0 Å². The van der Waals surface area contributed by atoms with E-state index in [4.69, 9.17) is 27.8 Å². The Kier molecular flexibility index (Phi) is 6.67. The molecule has 0 fully saturated rings. The third-order valence-corrected chi connectivity index (χ3v) is 2.50. The van der Waals surface area contributed by atoms with Crippen LogP contribution in [0.1, 0.15) is 6.42 Å². The van der Waals surface area contributed by atoms with Crippen molar-refractivity contribution in [2.75, 3.05) is 7.11 Å². The SMILES string of the molecule is CO/C(N)=C(/C=C(\N)Cl)C(Br)CC(F)F. The molecule has 15 heavy (non-hydrogen) atoms. The lowest BCUT2D eigenvalue weighted by molar-refractivity contribution is 0.140. The second-order valence-corrected chi connectivity index (χ2v) is 4.19. The molecule has 1 atom stereocenters. The molecule has 0 saturated carbocycles. The van der Waals surface area contributed by atoms with Crippen LogP contribution >= 0.6 is 27.5 Å². The minimum atomic E-state index is -2.46. The van der Waals surface area contributed by atoms with Crippen LogP contribution in [0.15, 0.2) is 22.7 Å². The zero-order chi connectivity index (χ0) is 12.0. The Hall–Kier alpha value is -0.490. The molecule has 0 bridgehead atoms. The average Bonchev–Trinajstić information content (AvgIpc) is 2.11. The van der Waals surface area contributed by atoms with Gasteiger partial charge in [-0.15, -0.1) is 0 Å². The van der Waals surface area contributed by atoms with Gasteiger partial charge in [-0.1, -0.05) is 27.5 Å². The Morgan fingerprint density at radius 1 is 1.53 bits per heavy atom. The van der Waals surface area contributed by atoms with Crippen molar-refractivity contribution in [3.63, 3.8) is 0 Å². The topological polar surface area (TPSA) is 61.3 Å². The monoisotopic (exact) mass is 304 g/mol. The summed E-state index contributed by atoms with van der Waals surface area (Å²) >= 11 is 8.50. The summed E-state index contributed by atoms with van der Waals surface area (Å²) < 4.78 is 29.0. The summed E-state index contributed by atoms with van der Waals surface area (Å²) in [5.41, 5.74) is 11.0. The molecular weight excluding hydrogens is 293 g/mol. The van der Waals surface area contributed by atoms with Crippen molar-refractivity contribution >= 4 is 27.5 Å². The maximum absolute atomic E-state index is 12.1. The highest BCUT2D eigenvalue weighted by molar-refractivity contribution is 9.09. The third-order valence-electron chi connectivity index (χ3n) is 1.52. The Morgan fingerprint density at radius 3 is 2.40 bits per heavy atom. The van der Waals surface area contributed by atoms with E-state index in [0.717, 1.165) is 0 Å². The minimum absolute atomic E-state index is 0.00104. The smallest absolute Gasteiger partial charge is 0.240 e. The van der Waals surface area contributed by atoms with E-state index in [1.165, 1.54) is 13.2 Å². The third kappa shape index (κ3) is 5.84. The Bertz CT molecular complexity index is 267. The first kappa shape index (κ1) is 14.5. The minimum Gasteiger partial charge on any atom is -0.482 e. The number of hydrogen-bond donors (Lipinski definition) is 2. The lowest BCUT2D eigenvalue weighted by Crippen LogP contribution is -2.14. The Morgan fingerprint density at radius 2 is 2.07 bits per heavy atom. The van der Waals surface area contributed by atoms with Crippen LogP contribution in [-0.2, 0) is 4.74 Å². The standard InChI is InChI=1S/C8H12BrClF2N2O/c1-15-8(14)4(2-6(10)13)5(9)3-7(11)12/h2,5,7H,3,13-14H2,1H3/b6-2-,8-4-. The van der Waals surface area contributed by atoms with Gasteiger partial charge < -0.3 is 16.2 Å². The van der Waals surface area contributed by atoms with E-state index in [-0.39, 0.29) is 11.0 Å². The number of ether oxygens (including phenoxy) is 1. The molecule has 7 heteroatoms. The van der Waals surface area contributed by atoms with Gasteiger partial charge >= 0.3 is 0 Å². The number of rotatable bonds is 5. The summed E-state index contributed by atoms with van der Waals surface area (Å²) in [5.74, 6) is 0.00104. The lowest BCUT2D eigenvalue weighted by atomic mass is 10.1. The highest BCUT2D eigenvalue weighted by Crippen LogP contribution is 2.23. The summed E-state index contributed by atoms with van der Waals surface area (Å²) in [5, 5.41) is -0.0521. The van der Waals surface area contributed by atoms with Crippen molar-refractivity contribution in [1.29, 1.82) is 0 Å². The molecule has 4 N–H and O–H groups in total. The summed E-state index contributed by atoms with van der Waals surface area (Å²) in [6.07, 6.45) is -1.58. The van der Waals surface area contributed by atoms with Crippen molar-refractivity contribution in [3.05, 3.63) is 22.7 Å². The Labute approximate surface area is 100 Å². The van der Waals surface area contributed by atoms with Gasteiger partial charge in [0.25, 0.3) is 0 Å². The van der Waals surface area contributed by atoms with Gasteiger partial charge in [-0.2, -0.15) is 0 Å². The van der Waals surface area contributed by atoms with Gasteiger partial charge in [0, 0.05) is 12.0 Å². The van der Waals surface area contributed by atoms with Gasteiger partial charge in [0.15, 0.2) is 5.88 Å². The molecule has 1 unspecified atom stereocenters. The second kappa shape index (κ2) is 6.90. The van der Waals surface area contributed by atoms with Crippen LogP contribution in [0, 0.1) is 0 Å². The number of alkyl halides is 3. The lowest BCUT2D eigenvalue weighted by Gasteiger charge is -2.13. The first-order valence-corrected chi connectivity index (χ1v) is 5.26. The van der Waals surface area contributed by atoms with Crippen molar-refractivity contribution < 1.29 is 13.5 Å². The van der Waals surface area contributed by atoms with Crippen LogP contribution < -0.4 is 11.5 Å². The molecule has 0 aliphatic heterocycles. The van der Waals surface area contributed by atoms with Crippen molar-refractivity contribution in [2.45, 2.75) is 17.7 Å². The van der Waals surface area contributed by atoms with E-state index < -0.39 is 17.7 Å². The highest BCUT2D eigenvalue weighted by Gasteiger charge is 2.18. The van der Waals surface area contributed by atoms with Gasteiger partial charge in [-0.25, -0.2) is 8.78 Å². The molecule has 0 rings (SSSR count). The molecule has 0 aromatic carbocycles. The molecule has 0 saturated heterocycles. The van der Waals surface area contributed by atoms with E-state index in [2.05, 4.69) is 15.9 Å². The van der Waals surface area contributed by atoms with Crippen LogP contribution in [0.5, 0.6) is 0 Å². The zero-order valence-corrected chi connectivity index (χ0v) is 10.4. The first-order valence-electron chi connectivity index (χ1n) is 3.97. The maximum Gasteiger partial charge on any atom is 0.240 e. The van der Waals surface area contributed by atoms with Crippen LogP contribution in [0.2, 0.25) is 0 Å². The normalized spacial score (nSPS) is 16.3. The number of nitrogens with two attached hydrogens (primary N) is 2. The predicted molar refractivity (Wildman–Crippen MR) is 59.7 cm³/mol. The average molecular weight is 306 g/mol. The van der Waals surface area contributed by atoms with E-state index in [9.17, 15) is 8.78 Å². The molecule has 0 heterocycles. The largest absolute Gasteiger partial charge is 0.482 e. The van der Waals surface area contributed by atoms with Gasteiger partial charge in [0.2, 0.25) is 6.43 Å². The number of methoxy groups -OCH3 is 1. The van der Waals surface area contributed by atoms with Crippen LogP contribution in [0.3, 0.4) is 0 Å². The molecule has 0 aliphatic rings. The van der Waals surface area contributed by atoms with Gasteiger partial charge in [0.1, 0.15) is 0 Å². The van der Waals surface area contributed by atoms with Crippen LogP contribution in [0.4, 0.5) is 8.78 Å². The van der Waals surface area contributed by atoms with E-state index >= 15 is 0 Å². The fourth-order valence-electron chi connectivity index (χ4n) is 0.866. The molecule has 0 radical (unpaired) electrons. The van der Waals surface area contributed by atoms with E-state index in [0.29, 0.717) is 5.57 Å². The second-order valence-electron chi connectivity index (χ2n) is 2.65. The molecule has 0 spiro atoms. The predicted octanol–water partition coefficient (Wildman–Crippen LogP) is 2.26. The molecule has 0 aromatic heterocycles. The molecule has 0 aliphatic carbocycles. The molecule has 0 aromatic rings. The van der Waals surface area contributed by atoms with Gasteiger partial charge in [-0.3, -0.25) is 0 Å². The van der Waals surface area contributed by atoms with Crippen molar-refractivity contribution in [2.24, 2.45) is 11.5 Å². The van der Waals surface area contributed by atoms with E-state index in [1.807, 2.05) is 0 Å². The fraction of sp³-hybridized carbons (Fsp3) is 0.500. The van der Waals surface area contributed by atoms with Gasteiger partial charge in [0.05, 0.1) is 17.1 Å². The molecule has 3 nitrogen and oxygen atoms in total. The summed E-state index contributed by atoms with van der Waals surface area (Å²) in [4.78, 5) is -0.658. The van der Waals surface area contributed by atoms with Crippen molar-refractivity contribution in [1.82, 2.24) is 0 Å². The molecule has 88 valence electrons. The van der Waals surface area contributed by atoms with Crippen LogP contribution in [0.25, 0.3) is 0 Å². The molecular formula is C8H12BrClF2N2O. The van der Waals surface area contributed by atoms with Crippen LogP contribution in [-0.4, -0.2) is 18.4 Å². The number of halogens is 4. The Balaban J connectivity index is 4.88. The number of allylic oxidation sites excluding steroid dienone is 2. The molecule has 0 amide bonds.